The smallest absolute Gasteiger partial charge is 0.200 e. The van der Waals surface area contributed by atoms with E-state index in [1.54, 1.807) is 7.11 Å². The lowest BCUT2D eigenvalue weighted by molar-refractivity contribution is -0.147. The fourth-order valence-electron chi connectivity index (χ4n) is 6.36. The van der Waals surface area contributed by atoms with Crippen molar-refractivity contribution in [1.82, 2.24) is 0 Å². The molecule has 0 aromatic heterocycles. The van der Waals surface area contributed by atoms with E-state index in [1.807, 2.05) is 0 Å². The molecule has 0 N–H and O–H groups in total. The van der Waals surface area contributed by atoms with Crippen LogP contribution in [0.25, 0.3) is 0 Å². The highest BCUT2D eigenvalue weighted by molar-refractivity contribution is 5.44. The van der Waals surface area contributed by atoms with Gasteiger partial charge in [0.25, 0.3) is 0 Å². The topological polar surface area (TPSA) is 27.7 Å². The molecule has 3 heteroatoms. The fourth-order valence-corrected chi connectivity index (χ4v) is 6.36. The molecule has 3 nitrogen and oxygen atoms in total. The van der Waals surface area contributed by atoms with Crippen LogP contribution in [0.5, 0.6) is 11.5 Å². The van der Waals surface area contributed by atoms with Gasteiger partial charge in [0.05, 0.1) is 13.2 Å². The molecule has 5 unspecified atom stereocenters. The number of fused-ring (bicyclic) bond motifs is 1. The molecule has 2 aliphatic carbocycles. The molecule has 0 radical (unpaired) electrons. The average molecular weight is 487 g/mol. The van der Waals surface area contributed by atoms with Gasteiger partial charge in [0.15, 0.2) is 11.5 Å². The molecule has 5 atom stereocenters. The summed E-state index contributed by atoms with van der Waals surface area (Å²) in [6.45, 7) is 18.5. The van der Waals surface area contributed by atoms with Crippen molar-refractivity contribution in [1.29, 1.82) is 0 Å². The Morgan fingerprint density at radius 1 is 0.886 bits per heavy atom. The third kappa shape index (κ3) is 8.41. The predicted molar refractivity (Wildman–Crippen MR) is 147 cm³/mol. The summed E-state index contributed by atoms with van der Waals surface area (Å²) in [6, 6.07) is 6.57. The maximum absolute atomic E-state index is 6.67. The second kappa shape index (κ2) is 11.9. The van der Waals surface area contributed by atoms with Gasteiger partial charge in [-0.3, -0.25) is 0 Å². The highest BCUT2D eigenvalue weighted by Crippen LogP contribution is 2.46. The molecule has 3 rings (SSSR count). The van der Waals surface area contributed by atoms with Crippen LogP contribution < -0.4 is 9.47 Å². The predicted octanol–water partition coefficient (Wildman–Crippen LogP) is 9.39. The van der Waals surface area contributed by atoms with E-state index in [0.29, 0.717) is 17.9 Å². The Kier molecular flexibility index (Phi) is 9.63. The van der Waals surface area contributed by atoms with Crippen LogP contribution in [0, 0.1) is 28.6 Å². The Bertz CT molecular complexity index is 785. The molecule has 35 heavy (non-hydrogen) atoms. The van der Waals surface area contributed by atoms with E-state index in [9.17, 15) is 0 Å². The first-order chi connectivity index (χ1) is 16.4. The van der Waals surface area contributed by atoms with Gasteiger partial charge in [-0.15, -0.1) is 0 Å². The minimum atomic E-state index is -0.229. The molecule has 0 heterocycles. The van der Waals surface area contributed by atoms with Gasteiger partial charge in [0, 0.05) is 6.42 Å². The van der Waals surface area contributed by atoms with Crippen LogP contribution in [0.1, 0.15) is 125 Å². The standard InChI is InChI=1S/C32H54O3/c1-22(2)18-30(34-26-16-14-23-12-10-11-13-24(23)19-26)35-28-17-15-25(20-29(28)33-9)27(32(6,7)8)21-31(3,4)5/h15,17,20,22-24,26-27,30H,10-14,16,18-19,21H2,1-9H3. The first-order valence-electron chi connectivity index (χ1n) is 14.4. The summed E-state index contributed by atoms with van der Waals surface area (Å²) in [5.74, 6) is 4.36. The molecule has 0 amide bonds. The first kappa shape index (κ1) is 28.4. The molecule has 0 saturated heterocycles. The number of benzene rings is 1. The van der Waals surface area contributed by atoms with Crippen molar-refractivity contribution in [2.45, 2.75) is 131 Å². The lowest BCUT2D eigenvalue weighted by atomic mass is 9.69. The normalized spacial score (nSPS) is 25.1. The monoisotopic (exact) mass is 486 g/mol. The SMILES string of the molecule is COc1cc(C(CC(C)(C)C)C(C)(C)C)ccc1OC(CC(C)C)OC1CCC2CCCCC2C1. The number of hydrogen-bond acceptors (Lipinski definition) is 3. The summed E-state index contributed by atoms with van der Waals surface area (Å²) in [5, 5.41) is 0. The highest BCUT2D eigenvalue weighted by atomic mass is 16.7. The number of rotatable bonds is 9. The van der Waals surface area contributed by atoms with Gasteiger partial charge in [-0.25, -0.2) is 0 Å². The zero-order valence-corrected chi connectivity index (χ0v) is 24.3. The van der Waals surface area contributed by atoms with E-state index in [4.69, 9.17) is 14.2 Å². The van der Waals surface area contributed by atoms with Crippen molar-refractivity contribution in [3.63, 3.8) is 0 Å². The maximum atomic E-state index is 6.67. The van der Waals surface area contributed by atoms with Crippen molar-refractivity contribution in [3.8, 4) is 11.5 Å². The Hall–Kier alpha value is -1.22. The van der Waals surface area contributed by atoms with E-state index >= 15 is 0 Å². The third-order valence-electron chi connectivity index (χ3n) is 8.21. The maximum Gasteiger partial charge on any atom is 0.200 e. The Morgan fingerprint density at radius 3 is 2.17 bits per heavy atom. The summed E-state index contributed by atoms with van der Waals surface area (Å²) in [5.41, 5.74) is 1.75. The Balaban J connectivity index is 1.76. The van der Waals surface area contributed by atoms with E-state index in [1.165, 1.54) is 50.5 Å². The van der Waals surface area contributed by atoms with Gasteiger partial charge < -0.3 is 14.2 Å². The van der Waals surface area contributed by atoms with Crippen molar-refractivity contribution in [2.75, 3.05) is 7.11 Å². The number of methoxy groups -OCH3 is 1. The van der Waals surface area contributed by atoms with E-state index in [2.05, 4.69) is 73.6 Å². The highest BCUT2D eigenvalue weighted by Gasteiger charge is 2.35. The van der Waals surface area contributed by atoms with Crippen LogP contribution in [-0.4, -0.2) is 19.5 Å². The van der Waals surface area contributed by atoms with Crippen molar-refractivity contribution >= 4 is 0 Å². The van der Waals surface area contributed by atoms with Crippen molar-refractivity contribution < 1.29 is 14.2 Å². The average Bonchev–Trinajstić information content (AvgIpc) is 2.76. The van der Waals surface area contributed by atoms with E-state index in [0.717, 1.165) is 36.2 Å². The molecule has 2 saturated carbocycles. The minimum Gasteiger partial charge on any atom is -0.493 e. The Morgan fingerprint density at radius 2 is 1.57 bits per heavy atom. The third-order valence-corrected chi connectivity index (χ3v) is 8.21. The van der Waals surface area contributed by atoms with Gasteiger partial charge in [0.2, 0.25) is 6.29 Å². The molecular weight excluding hydrogens is 432 g/mol. The molecule has 0 bridgehead atoms. The molecular formula is C32H54O3. The van der Waals surface area contributed by atoms with E-state index in [-0.39, 0.29) is 17.1 Å². The summed E-state index contributed by atoms with van der Waals surface area (Å²) >= 11 is 0. The molecule has 0 aliphatic heterocycles. The van der Waals surface area contributed by atoms with Crippen LogP contribution in [0.15, 0.2) is 18.2 Å². The van der Waals surface area contributed by atoms with Crippen LogP contribution >= 0.6 is 0 Å². The van der Waals surface area contributed by atoms with Gasteiger partial charge in [-0.1, -0.05) is 87.1 Å². The van der Waals surface area contributed by atoms with Gasteiger partial charge in [-0.2, -0.15) is 0 Å². The number of ether oxygens (including phenoxy) is 3. The molecule has 0 spiro atoms. The molecule has 1 aromatic rings. The molecule has 200 valence electrons. The van der Waals surface area contributed by atoms with Gasteiger partial charge in [0.1, 0.15) is 0 Å². The van der Waals surface area contributed by atoms with Crippen molar-refractivity contribution in [2.24, 2.45) is 28.6 Å². The quantitative estimate of drug-likeness (QED) is 0.325. The summed E-state index contributed by atoms with van der Waals surface area (Å²) < 4.78 is 19.1. The Labute approximate surface area is 216 Å². The molecule has 2 aliphatic rings. The molecule has 2 fully saturated rings. The minimum absolute atomic E-state index is 0.169. The van der Waals surface area contributed by atoms with Gasteiger partial charge >= 0.3 is 0 Å². The first-order valence-corrected chi connectivity index (χ1v) is 14.4. The summed E-state index contributed by atoms with van der Waals surface area (Å²) in [6.07, 6.45) is 11.5. The summed E-state index contributed by atoms with van der Waals surface area (Å²) in [4.78, 5) is 0. The lowest BCUT2D eigenvalue weighted by Gasteiger charge is -2.40. The molecule has 1 aromatic carbocycles. The van der Waals surface area contributed by atoms with E-state index < -0.39 is 0 Å². The van der Waals surface area contributed by atoms with Crippen LogP contribution in [0.2, 0.25) is 0 Å². The largest absolute Gasteiger partial charge is 0.493 e. The second-order valence-electron chi connectivity index (χ2n) is 14.1. The lowest BCUT2D eigenvalue weighted by Crippen LogP contribution is -2.36. The number of hydrogen-bond donors (Lipinski definition) is 0. The van der Waals surface area contributed by atoms with Crippen molar-refractivity contribution in [3.05, 3.63) is 23.8 Å². The fraction of sp³-hybridized carbons (Fsp3) is 0.812. The summed E-state index contributed by atoms with van der Waals surface area (Å²) in [7, 11) is 1.75. The second-order valence-corrected chi connectivity index (χ2v) is 14.1. The van der Waals surface area contributed by atoms with Crippen LogP contribution in [0.4, 0.5) is 0 Å². The zero-order chi connectivity index (χ0) is 25.8. The zero-order valence-electron chi connectivity index (χ0n) is 24.3. The van der Waals surface area contributed by atoms with Crippen LogP contribution in [-0.2, 0) is 4.74 Å². The van der Waals surface area contributed by atoms with Crippen LogP contribution in [0.3, 0.4) is 0 Å². The van der Waals surface area contributed by atoms with Gasteiger partial charge in [-0.05, 0) is 77.9 Å².